The molecule has 0 radical (unpaired) electrons. The topological polar surface area (TPSA) is 81.6 Å². The van der Waals surface area contributed by atoms with E-state index in [0.717, 1.165) is 17.0 Å². The van der Waals surface area contributed by atoms with Crippen LogP contribution in [-0.2, 0) is 6.42 Å². The minimum absolute atomic E-state index is 0.153. The molecule has 0 unspecified atom stereocenters. The first kappa shape index (κ1) is 16.4. The van der Waals surface area contributed by atoms with Crippen molar-refractivity contribution in [2.24, 2.45) is 0 Å². The van der Waals surface area contributed by atoms with Gasteiger partial charge in [0.05, 0.1) is 27.7 Å². The number of anilines is 2. The quantitative estimate of drug-likeness (QED) is 0.682. The zero-order chi connectivity index (χ0) is 18.1. The summed E-state index contributed by atoms with van der Waals surface area (Å²) in [5, 5.41) is 13.2. The van der Waals surface area contributed by atoms with Gasteiger partial charge in [-0.05, 0) is 37.0 Å². The van der Waals surface area contributed by atoms with E-state index in [-0.39, 0.29) is 5.68 Å². The number of H-pyrrole nitrogens is 1. The maximum Gasteiger partial charge on any atom is 0.351 e. The Morgan fingerprint density at radius 3 is 2.73 bits per heavy atom. The number of carbonyl (C=O) groups excluding carboxylic acids is 1. The predicted molar refractivity (Wildman–Crippen MR) is 103 cm³/mol. The Hall–Kier alpha value is -3.04. The van der Waals surface area contributed by atoms with Crippen LogP contribution >= 0.6 is 11.6 Å². The molecule has 0 fully saturated rings. The summed E-state index contributed by atoms with van der Waals surface area (Å²) in [5.74, 6) is 2.12. The molecule has 2 N–H and O–H groups in total. The van der Waals surface area contributed by atoms with E-state index in [1.54, 1.807) is 18.5 Å². The summed E-state index contributed by atoms with van der Waals surface area (Å²) >= 11 is 6.30. The molecule has 1 aliphatic rings. The molecule has 2 aromatic heterocycles. The van der Waals surface area contributed by atoms with Crippen LogP contribution in [0.3, 0.4) is 0 Å². The van der Waals surface area contributed by atoms with Gasteiger partial charge in [0.2, 0.25) is 0 Å². The number of para-hydroxylation sites is 1. The zero-order valence-corrected chi connectivity index (χ0v) is 14.5. The summed E-state index contributed by atoms with van der Waals surface area (Å²) in [5.41, 5.74) is 4.31. The first-order valence-electron chi connectivity index (χ1n) is 8.29. The van der Waals surface area contributed by atoms with Crippen LogP contribution in [0.2, 0.25) is 11.3 Å². The minimum Gasteiger partial charge on any atom is -0.356 e. The fourth-order valence-electron chi connectivity index (χ4n) is 3.29. The van der Waals surface area contributed by atoms with Crippen molar-refractivity contribution in [3.63, 3.8) is 0 Å². The largest absolute Gasteiger partial charge is 0.356 e. The van der Waals surface area contributed by atoms with Gasteiger partial charge in [0.25, 0.3) is 0 Å². The van der Waals surface area contributed by atoms with E-state index in [1.165, 1.54) is 0 Å². The predicted octanol–water partition coefficient (Wildman–Crippen LogP) is 4.31. The van der Waals surface area contributed by atoms with Gasteiger partial charge in [0, 0.05) is 29.6 Å². The van der Waals surface area contributed by atoms with Crippen LogP contribution in [0.25, 0.3) is 11.3 Å². The van der Waals surface area contributed by atoms with Gasteiger partial charge in [0.15, 0.2) is 0 Å². The molecule has 0 saturated heterocycles. The summed E-state index contributed by atoms with van der Waals surface area (Å²) in [6, 6.07) is 11.1. The molecule has 5 nitrogen and oxygen atoms in total. The van der Waals surface area contributed by atoms with E-state index in [4.69, 9.17) is 11.6 Å². The maximum absolute atomic E-state index is 12.9. The van der Waals surface area contributed by atoms with Gasteiger partial charge >= 0.3 is 6.71 Å². The highest BCUT2D eigenvalue weighted by molar-refractivity contribution is 6.98. The van der Waals surface area contributed by atoms with Gasteiger partial charge in [-0.1, -0.05) is 23.7 Å². The first-order chi connectivity index (χ1) is 12.7. The number of aryl methyl sites for hydroxylation is 1. The molecule has 26 heavy (non-hydrogen) atoms. The second kappa shape index (κ2) is 6.70. The molecular formula is C19H14BClN4O. The average Bonchev–Trinajstić information content (AvgIpc) is 3.04. The van der Waals surface area contributed by atoms with Gasteiger partial charge in [0.1, 0.15) is 5.68 Å². The molecule has 1 aromatic carbocycles. The van der Waals surface area contributed by atoms with Crippen molar-refractivity contribution in [2.75, 3.05) is 5.32 Å². The maximum atomic E-state index is 12.9. The lowest BCUT2D eigenvalue weighted by molar-refractivity contribution is 0.107. The van der Waals surface area contributed by atoms with Gasteiger partial charge < -0.3 is 15.1 Å². The molecular weight excluding hydrogens is 347 g/mol. The lowest BCUT2D eigenvalue weighted by atomic mass is 9.41. The van der Waals surface area contributed by atoms with Crippen LogP contribution in [0.1, 0.15) is 16.1 Å². The van der Waals surface area contributed by atoms with Crippen molar-refractivity contribution in [3.05, 3.63) is 65.1 Å². The number of aromatic nitrogens is 2. The Kier molecular flexibility index (Phi) is 4.23. The number of hydrogen-bond donors (Lipinski definition) is 2. The highest BCUT2D eigenvalue weighted by Gasteiger charge is 2.36. The van der Waals surface area contributed by atoms with Crippen molar-refractivity contribution in [1.29, 1.82) is 5.26 Å². The highest BCUT2D eigenvalue weighted by Crippen LogP contribution is 2.39. The third-order valence-corrected chi connectivity index (χ3v) is 4.91. The average molecular weight is 361 g/mol. The Morgan fingerprint density at radius 1 is 1.23 bits per heavy atom. The number of fused-ring (bicyclic) bond motifs is 1. The molecule has 3 aromatic rings. The molecule has 0 aliphatic carbocycles. The second-order valence-corrected chi connectivity index (χ2v) is 6.56. The normalized spacial score (nSPS) is 13.2. The van der Waals surface area contributed by atoms with E-state index in [1.807, 2.05) is 30.3 Å². The van der Waals surface area contributed by atoms with Crippen molar-refractivity contribution >= 4 is 35.4 Å². The standard InChI is InChI=1S/C19H14BClN4O/c21-13-3-1-2-4-14(13)24-18-16-15(5-8-20(11-22)19(16)26)25-17(18)12-6-9-23-10-7-12/h1-4,6-7,9-10,24-25H,5,8H2. The van der Waals surface area contributed by atoms with Gasteiger partial charge in [-0.2, -0.15) is 0 Å². The molecule has 0 spiro atoms. The molecule has 4 rings (SSSR count). The fourth-order valence-corrected chi connectivity index (χ4v) is 3.47. The number of nitriles is 1. The summed E-state index contributed by atoms with van der Waals surface area (Å²) in [4.78, 5) is 20.3. The lowest BCUT2D eigenvalue weighted by Gasteiger charge is -2.16. The monoisotopic (exact) mass is 360 g/mol. The van der Waals surface area contributed by atoms with E-state index < -0.39 is 6.71 Å². The highest BCUT2D eigenvalue weighted by atomic mass is 35.5. The zero-order valence-electron chi connectivity index (χ0n) is 13.8. The number of benzene rings is 1. The van der Waals surface area contributed by atoms with Crippen molar-refractivity contribution in [1.82, 2.24) is 9.97 Å². The Morgan fingerprint density at radius 2 is 2.00 bits per heavy atom. The van der Waals surface area contributed by atoms with Gasteiger partial charge in [-0.25, -0.2) is 5.26 Å². The Balaban J connectivity index is 1.90. The van der Waals surface area contributed by atoms with Crippen LogP contribution in [0, 0.1) is 11.2 Å². The van der Waals surface area contributed by atoms with Crippen LogP contribution in [0.15, 0.2) is 48.8 Å². The van der Waals surface area contributed by atoms with E-state index in [9.17, 15) is 10.1 Å². The summed E-state index contributed by atoms with van der Waals surface area (Å²) in [7, 11) is 0. The molecule has 0 saturated carbocycles. The number of nitrogens with zero attached hydrogens (tertiary/aromatic N) is 2. The molecule has 0 amide bonds. The van der Waals surface area contributed by atoms with E-state index in [0.29, 0.717) is 34.7 Å². The Labute approximate surface area is 156 Å². The van der Waals surface area contributed by atoms with Crippen LogP contribution in [-0.4, -0.2) is 22.4 Å². The SMILES string of the molecule is N#CB1CCc2[nH]c(-c3ccncc3)c(Nc3ccccc3Cl)c2C1=O. The minimum atomic E-state index is -0.615. The van der Waals surface area contributed by atoms with Gasteiger partial charge in [-0.15, -0.1) is 0 Å². The van der Waals surface area contributed by atoms with E-state index in [2.05, 4.69) is 21.3 Å². The molecule has 0 atom stereocenters. The number of nitrogens with one attached hydrogen (secondary N) is 2. The number of pyridine rings is 1. The smallest absolute Gasteiger partial charge is 0.351 e. The lowest BCUT2D eigenvalue weighted by Crippen LogP contribution is -2.30. The molecule has 126 valence electrons. The summed E-state index contributed by atoms with van der Waals surface area (Å²) in [6.07, 6.45) is 4.59. The number of carbonyl (C=O) groups is 1. The van der Waals surface area contributed by atoms with E-state index >= 15 is 0 Å². The number of hydrogen-bond acceptors (Lipinski definition) is 4. The number of halogens is 1. The molecule has 3 heterocycles. The third kappa shape index (κ3) is 2.77. The first-order valence-corrected chi connectivity index (χ1v) is 8.67. The van der Waals surface area contributed by atoms with Crippen molar-refractivity contribution < 1.29 is 4.79 Å². The van der Waals surface area contributed by atoms with Crippen LogP contribution < -0.4 is 5.32 Å². The molecule has 0 bridgehead atoms. The molecule has 1 aliphatic heterocycles. The Bertz CT molecular complexity index is 1030. The molecule has 7 heteroatoms. The third-order valence-electron chi connectivity index (χ3n) is 4.58. The van der Waals surface area contributed by atoms with Gasteiger partial charge in [-0.3, -0.25) is 4.98 Å². The number of aromatic amines is 1. The van der Waals surface area contributed by atoms with Crippen LogP contribution in [0.5, 0.6) is 0 Å². The summed E-state index contributed by atoms with van der Waals surface area (Å²) in [6.45, 7) is -0.615. The number of rotatable bonds is 3. The van der Waals surface area contributed by atoms with Crippen molar-refractivity contribution in [2.45, 2.75) is 12.7 Å². The summed E-state index contributed by atoms with van der Waals surface area (Å²) < 4.78 is 0. The van der Waals surface area contributed by atoms with Crippen molar-refractivity contribution in [3.8, 4) is 17.2 Å². The van der Waals surface area contributed by atoms with Crippen LogP contribution in [0.4, 0.5) is 11.4 Å². The fraction of sp³-hybridized carbons (Fsp3) is 0.105. The second-order valence-electron chi connectivity index (χ2n) is 6.15.